The minimum Gasteiger partial charge on any atom is -0.437 e. The summed E-state index contributed by atoms with van der Waals surface area (Å²) in [5.41, 5.74) is 2.04. The lowest BCUT2D eigenvalue weighted by Crippen LogP contribution is -2.36. The van der Waals surface area contributed by atoms with Crippen LogP contribution >= 0.6 is 0 Å². The molecular formula is C30H29FN8O4. The van der Waals surface area contributed by atoms with Gasteiger partial charge in [0, 0.05) is 57.1 Å². The number of imidazole rings is 1. The van der Waals surface area contributed by atoms with E-state index in [1.165, 1.54) is 42.7 Å². The van der Waals surface area contributed by atoms with Gasteiger partial charge in [-0.15, -0.1) is 0 Å². The summed E-state index contributed by atoms with van der Waals surface area (Å²) in [6, 6.07) is 7.80. The standard InChI is InChI=1S/C30H29FN8O4/c1-4-37(2)16-24(30(42)39(19-40)23-8-5-21(31)6-9-23)29(41)36-22-7-10-28(34-15-22)43-27-13-20(14-33-25(27)11-12-32)26-17-38(3)18-35-26/h5-19,32-33H,4H2,1-3H3,(H,36,41)/b24-16-,25-11-,32-12?. The summed E-state index contributed by atoms with van der Waals surface area (Å²) in [4.78, 5) is 49.3. The zero-order valence-electron chi connectivity index (χ0n) is 23.6. The van der Waals surface area contributed by atoms with Crippen molar-refractivity contribution in [2.24, 2.45) is 7.05 Å². The van der Waals surface area contributed by atoms with E-state index in [0.29, 0.717) is 18.0 Å². The molecule has 3 aromatic rings. The number of halogens is 1. The number of nitrogens with zero attached hydrogens (tertiary/aromatic N) is 5. The molecule has 0 fully saturated rings. The van der Waals surface area contributed by atoms with E-state index in [0.717, 1.165) is 34.5 Å². The second-order valence-electron chi connectivity index (χ2n) is 9.24. The van der Waals surface area contributed by atoms with Crippen LogP contribution in [0.25, 0.3) is 5.57 Å². The van der Waals surface area contributed by atoms with E-state index < -0.39 is 17.6 Å². The lowest BCUT2D eigenvalue weighted by molar-refractivity contribution is -0.121. The quantitative estimate of drug-likeness (QED) is 0.102. The van der Waals surface area contributed by atoms with E-state index in [9.17, 15) is 18.8 Å². The van der Waals surface area contributed by atoms with Crippen LogP contribution < -0.4 is 20.3 Å². The third kappa shape index (κ3) is 7.47. The Morgan fingerprint density at radius 1 is 1.19 bits per heavy atom. The van der Waals surface area contributed by atoms with Gasteiger partial charge in [-0.25, -0.2) is 19.3 Å². The number of benzene rings is 1. The Labute approximate surface area is 247 Å². The number of amides is 3. The van der Waals surface area contributed by atoms with Gasteiger partial charge in [0.2, 0.25) is 12.3 Å². The molecule has 0 spiro atoms. The van der Waals surface area contributed by atoms with E-state index in [1.54, 1.807) is 30.6 Å². The minimum atomic E-state index is -0.897. The minimum absolute atomic E-state index is 0.103. The number of nitrogens with one attached hydrogen (secondary N) is 3. The highest BCUT2D eigenvalue weighted by atomic mass is 19.1. The summed E-state index contributed by atoms with van der Waals surface area (Å²) in [6.07, 6.45) is 12.6. The molecule has 12 nitrogen and oxygen atoms in total. The number of carbonyl (C=O) groups is 3. The van der Waals surface area contributed by atoms with Gasteiger partial charge in [-0.2, -0.15) is 0 Å². The van der Waals surface area contributed by atoms with Crippen molar-refractivity contribution >= 4 is 41.4 Å². The highest BCUT2D eigenvalue weighted by Crippen LogP contribution is 2.25. The largest absolute Gasteiger partial charge is 0.437 e. The Kier molecular flexibility index (Phi) is 9.58. The zero-order valence-corrected chi connectivity index (χ0v) is 23.6. The fourth-order valence-electron chi connectivity index (χ4n) is 3.80. The molecule has 0 saturated heterocycles. The SMILES string of the molecule is CCN(C)/C=C(/C(=O)Nc1ccc(OC2=CC(c3cn(C)cn3)=CN/C2=C\C=N)nc1)C(=O)N(C=O)c1ccc(F)cc1. The first-order valence-corrected chi connectivity index (χ1v) is 13.0. The summed E-state index contributed by atoms with van der Waals surface area (Å²) >= 11 is 0. The number of anilines is 2. The second kappa shape index (κ2) is 13.7. The maximum atomic E-state index is 13.4. The average Bonchev–Trinajstić information content (AvgIpc) is 3.45. The molecule has 0 saturated carbocycles. The fourth-order valence-corrected chi connectivity index (χ4v) is 3.80. The molecule has 4 rings (SSSR count). The normalized spacial score (nSPS) is 13.8. The number of dihydropyridines is 1. The molecule has 3 amide bonds. The molecule has 0 aliphatic carbocycles. The van der Waals surface area contributed by atoms with Gasteiger partial charge in [0.1, 0.15) is 11.4 Å². The highest BCUT2D eigenvalue weighted by Gasteiger charge is 2.26. The first kappa shape index (κ1) is 30.1. The van der Waals surface area contributed by atoms with Crippen LogP contribution in [-0.4, -0.2) is 57.5 Å². The summed E-state index contributed by atoms with van der Waals surface area (Å²) < 4.78 is 21.2. The first-order chi connectivity index (χ1) is 20.7. The molecule has 0 atom stereocenters. The predicted molar refractivity (Wildman–Crippen MR) is 159 cm³/mol. The molecule has 0 bridgehead atoms. The fraction of sp³-hybridized carbons (Fsp3) is 0.133. The molecule has 3 N–H and O–H groups in total. The number of rotatable bonds is 11. The van der Waals surface area contributed by atoms with Crippen LogP contribution in [0.1, 0.15) is 12.6 Å². The van der Waals surface area contributed by atoms with Crippen LogP contribution in [0.4, 0.5) is 15.8 Å². The highest BCUT2D eigenvalue weighted by molar-refractivity contribution is 6.30. The number of ether oxygens (including phenoxy) is 1. The number of imide groups is 1. The van der Waals surface area contributed by atoms with Crippen LogP contribution in [-0.2, 0) is 21.4 Å². The molecule has 2 aromatic heterocycles. The van der Waals surface area contributed by atoms with E-state index >= 15 is 0 Å². The van der Waals surface area contributed by atoms with Crippen LogP contribution in [0, 0.1) is 11.2 Å². The number of allylic oxidation sites excluding steroid dienone is 3. The van der Waals surface area contributed by atoms with Crippen molar-refractivity contribution in [3.63, 3.8) is 0 Å². The van der Waals surface area contributed by atoms with Crippen LogP contribution in [0.3, 0.4) is 0 Å². The lowest BCUT2D eigenvalue weighted by atomic mass is 10.1. The Morgan fingerprint density at radius 2 is 1.95 bits per heavy atom. The first-order valence-electron chi connectivity index (χ1n) is 13.0. The monoisotopic (exact) mass is 584 g/mol. The van der Waals surface area contributed by atoms with Crippen molar-refractivity contribution in [3.8, 4) is 5.88 Å². The van der Waals surface area contributed by atoms with E-state index in [-0.39, 0.29) is 29.2 Å². The third-order valence-electron chi connectivity index (χ3n) is 6.15. The Balaban J connectivity index is 1.52. The van der Waals surface area contributed by atoms with Gasteiger partial charge in [-0.3, -0.25) is 14.4 Å². The molecule has 220 valence electrons. The Hall–Kier alpha value is -5.85. The van der Waals surface area contributed by atoms with Gasteiger partial charge in [0.15, 0.2) is 5.76 Å². The topological polar surface area (TPSA) is 146 Å². The molecular weight excluding hydrogens is 555 g/mol. The molecule has 1 aromatic carbocycles. The molecule has 1 aliphatic rings. The van der Waals surface area contributed by atoms with Gasteiger partial charge in [-0.1, -0.05) is 0 Å². The van der Waals surface area contributed by atoms with Gasteiger partial charge in [0.25, 0.3) is 11.8 Å². The molecule has 0 unspecified atom stereocenters. The maximum absolute atomic E-state index is 13.4. The van der Waals surface area contributed by atoms with Crippen molar-refractivity contribution < 1.29 is 23.5 Å². The van der Waals surface area contributed by atoms with Crippen molar-refractivity contribution in [1.29, 1.82) is 5.41 Å². The van der Waals surface area contributed by atoms with Crippen molar-refractivity contribution in [1.82, 2.24) is 24.8 Å². The smallest absolute Gasteiger partial charge is 0.271 e. The summed E-state index contributed by atoms with van der Waals surface area (Å²) in [5, 5.41) is 13.2. The van der Waals surface area contributed by atoms with Crippen molar-refractivity contribution in [2.75, 3.05) is 23.8 Å². The van der Waals surface area contributed by atoms with E-state index in [2.05, 4.69) is 20.6 Å². The lowest BCUT2D eigenvalue weighted by Gasteiger charge is -2.20. The molecule has 1 aliphatic heterocycles. The number of carbonyl (C=O) groups excluding carboxylic acids is 3. The van der Waals surface area contributed by atoms with E-state index in [1.807, 2.05) is 24.7 Å². The zero-order chi connectivity index (χ0) is 30.9. The molecule has 13 heteroatoms. The average molecular weight is 585 g/mol. The van der Waals surface area contributed by atoms with Crippen LogP contribution in [0.5, 0.6) is 5.88 Å². The molecule has 0 radical (unpaired) electrons. The summed E-state index contributed by atoms with van der Waals surface area (Å²) in [5.74, 6) is -1.62. The Morgan fingerprint density at radius 3 is 2.56 bits per heavy atom. The number of pyridine rings is 1. The number of aryl methyl sites for hydroxylation is 1. The molecule has 3 heterocycles. The Bertz CT molecular complexity index is 1640. The number of aromatic nitrogens is 3. The van der Waals surface area contributed by atoms with Crippen molar-refractivity contribution in [3.05, 3.63) is 108 Å². The summed E-state index contributed by atoms with van der Waals surface area (Å²) in [7, 11) is 3.53. The van der Waals surface area contributed by atoms with Crippen LogP contribution in [0.2, 0.25) is 0 Å². The molecule has 43 heavy (non-hydrogen) atoms. The number of hydrogen-bond donors (Lipinski definition) is 3. The summed E-state index contributed by atoms with van der Waals surface area (Å²) in [6.45, 7) is 2.30. The van der Waals surface area contributed by atoms with Crippen molar-refractivity contribution in [2.45, 2.75) is 6.92 Å². The van der Waals surface area contributed by atoms with Crippen LogP contribution in [0.15, 0.2) is 96.7 Å². The van der Waals surface area contributed by atoms with Gasteiger partial charge < -0.3 is 30.2 Å². The van der Waals surface area contributed by atoms with E-state index in [4.69, 9.17) is 10.1 Å². The third-order valence-corrected chi connectivity index (χ3v) is 6.15. The van der Waals surface area contributed by atoms with Gasteiger partial charge in [0.05, 0.1) is 35.3 Å². The van der Waals surface area contributed by atoms with Gasteiger partial charge >= 0.3 is 0 Å². The predicted octanol–water partition coefficient (Wildman–Crippen LogP) is 3.36. The maximum Gasteiger partial charge on any atom is 0.271 e. The second-order valence-corrected chi connectivity index (χ2v) is 9.24. The van der Waals surface area contributed by atoms with Gasteiger partial charge in [-0.05, 0) is 49.4 Å². The number of hydrogen-bond acceptors (Lipinski definition) is 9.